The van der Waals surface area contributed by atoms with Gasteiger partial charge < -0.3 is 19.9 Å². The van der Waals surface area contributed by atoms with E-state index in [9.17, 15) is 4.79 Å². The number of amides is 1. The van der Waals surface area contributed by atoms with Gasteiger partial charge in [-0.05, 0) is 30.4 Å². The van der Waals surface area contributed by atoms with Gasteiger partial charge in [0.2, 0.25) is 0 Å². The predicted molar refractivity (Wildman–Crippen MR) is 145 cm³/mol. The number of pyridine rings is 2. The molecule has 198 valence electrons. The number of nitrogens with one attached hydrogen (secondary N) is 1. The normalized spacial score (nSPS) is 18.5. The third-order valence-corrected chi connectivity index (χ3v) is 8.38. The molecule has 0 aromatic carbocycles. The second-order valence-electron chi connectivity index (χ2n) is 9.99. The first kappa shape index (κ1) is 25.8. The molecule has 1 aliphatic heterocycles. The highest BCUT2D eigenvalue weighted by Crippen LogP contribution is 2.44. The van der Waals surface area contributed by atoms with Crippen LogP contribution in [0.25, 0.3) is 10.1 Å². The number of thiophene rings is 1. The average molecular weight is 528 g/mol. The van der Waals surface area contributed by atoms with Crippen LogP contribution in [0.2, 0.25) is 0 Å². The molecule has 3 aromatic rings. The first-order valence-corrected chi connectivity index (χ1v) is 13.5. The van der Waals surface area contributed by atoms with Gasteiger partial charge in [-0.3, -0.25) is 4.79 Å². The highest BCUT2D eigenvalue weighted by atomic mass is 32.1. The average Bonchev–Trinajstić information content (AvgIpc) is 3.55. The first-order chi connectivity index (χ1) is 17.9. The molecular weight excluding hydrogens is 493 g/mol. The summed E-state index contributed by atoms with van der Waals surface area (Å²) >= 11 is 1.47. The largest absolute Gasteiger partial charge is 0.383 e. The number of anilines is 3. The number of fused-ring (bicyclic) bond motifs is 1. The van der Waals surface area contributed by atoms with E-state index in [0.717, 1.165) is 59.3 Å². The van der Waals surface area contributed by atoms with Gasteiger partial charge in [0.05, 0.1) is 28.1 Å². The zero-order chi connectivity index (χ0) is 26.1. The molecule has 5 rings (SSSR count). The van der Waals surface area contributed by atoms with Gasteiger partial charge in [-0.15, -0.1) is 11.3 Å². The molecule has 0 unspecified atom stereocenters. The van der Waals surface area contributed by atoms with Crippen LogP contribution in [0.1, 0.15) is 46.8 Å². The van der Waals surface area contributed by atoms with Crippen LogP contribution in [0.15, 0.2) is 24.5 Å². The molecule has 1 amide bonds. The van der Waals surface area contributed by atoms with E-state index < -0.39 is 5.82 Å². The molecule has 2 aliphatic rings. The van der Waals surface area contributed by atoms with Crippen molar-refractivity contribution in [2.24, 2.45) is 5.84 Å². The fraction of sp³-hybridized carbons (Fsp3) is 0.500. The molecule has 37 heavy (non-hydrogen) atoms. The molecule has 9 nitrogen and oxygen atoms in total. The molecule has 3 N–H and O–H groups in total. The summed E-state index contributed by atoms with van der Waals surface area (Å²) < 4.78 is 21.5. The molecule has 2 fully saturated rings. The Labute approximate surface area is 220 Å². The predicted octanol–water partition coefficient (Wildman–Crippen LogP) is 3.63. The van der Waals surface area contributed by atoms with Crippen molar-refractivity contribution in [2.75, 3.05) is 57.4 Å². The highest BCUT2D eigenvalue weighted by molar-refractivity contribution is 7.21. The topological polar surface area (TPSA) is 99.8 Å². The molecule has 0 bridgehead atoms. The Bertz CT molecular complexity index is 1280. The van der Waals surface area contributed by atoms with Gasteiger partial charge in [-0.1, -0.05) is 12.8 Å². The molecule has 1 aliphatic carbocycles. The number of nitrogens with two attached hydrogens (primary N) is 1. The van der Waals surface area contributed by atoms with Crippen molar-refractivity contribution >= 4 is 44.7 Å². The zero-order valence-corrected chi connectivity index (χ0v) is 22.4. The van der Waals surface area contributed by atoms with Crippen LogP contribution in [-0.2, 0) is 4.74 Å². The maximum absolute atomic E-state index is 15.3. The number of hydrazine groups is 1. The van der Waals surface area contributed by atoms with Crippen molar-refractivity contribution < 1.29 is 13.9 Å². The van der Waals surface area contributed by atoms with Gasteiger partial charge in [0.25, 0.3) is 5.91 Å². The zero-order valence-electron chi connectivity index (χ0n) is 21.5. The lowest BCUT2D eigenvalue weighted by molar-refractivity contribution is 0.0831. The minimum absolute atomic E-state index is 0.00131. The fourth-order valence-corrected chi connectivity index (χ4v) is 6.64. The summed E-state index contributed by atoms with van der Waals surface area (Å²) in [6, 6.07) is 3.51. The van der Waals surface area contributed by atoms with Crippen molar-refractivity contribution in [1.29, 1.82) is 0 Å². The van der Waals surface area contributed by atoms with Gasteiger partial charge in [-0.25, -0.2) is 25.2 Å². The summed E-state index contributed by atoms with van der Waals surface area (Å²) in [6.07, 6.45) is 7.78. The van der Waals surface area contributed by atoms with E-state index in [1.807, 2.05) is 6.07 Å². The maximum atomic E-state index is 15.3. The summed E-state index contributed by atoms with van der Waals surface area (Å²) in [6.45, 7) is 2.82. The molecule has 0 spiro atoms. The Morgan fingerprint density at radius 2 is 2.05 bits per heavy atom. The Kier molecular flexibility index (Phi) is 7.57. The van der Waals surface area contributed by atoms with Crippen LogP contribution in [0, 0.1) is 5.82 Å². The maximum Gasteiger partial charge on any atom is 0.263 e. The summed E-state index contributed by atoms with van der Waals surface area (Å²) in [4.78, 5) is 26.3. The summed E-state index contributed by atoms with van der Waals surface area (Å²) in [7, 11) is 5.21. The molecule has 0 radical (unpaired) electrons. The number of halogens is 1. The molecule has 1 atom stereocenters. The number of nitrogens with zero attached hydrogens (tertiary/aromatic N) is 5. The van der Waals surface area contributed by atoms with Crippen molar-refractivity contribution in [3.05, 3.63) is 40.8 Å². The minimum atomic E-state index is -0.520. The smallest absolute Gasteiger partial charge is 0.263 e. The molecule has 3 aromatic heterocycles. The second-order valence-corrected chi connectivity index (χ2v) is 11.0. The number of carbonyl (C=O) groups is 1. The lowest BCUT2D eigenvalue weighted by atomic mass is 9.94. The fourth-order valence-electron chi connectivity index (χ4n) is 5.38. The van der Waals surface area contributed by atoms with Crippen LogP contribution in [-0.4, -0.2) is 74.3 Å². The van der Waals surface area contributed by atoms with E-state index in [1.54, 1.807) is 38.5 Å². The quantitative estimate of drug-likeness (QED) is 0.355. The lowest BCUT2D eigenvalue weighted by Gasteiger charge is -2.35. The van der Waals surface area contributed by atoms with Crippen molar-refractivity contribution in [2.45, 2.75) is 37.6 Å². The number of aromatic nitrogens is 2. The summed E-state index contributed by atoms with van der Waals surface area (Å²) in [5.74, 6) is 6.56. The van der Waals surface area contributed by atoms with E-state index >= 15 is 4.39 Å². The third-order valence-electron chi connectivity index (χ3n) is 7.23. The Morgan fingerprint density at radius 1 is 1.27 bits per heavy atom. The number of rotatable bonds is 7. The highest BCUT2D eigenvalue weighted by Gasteiger charge is 2.29. The van der Waals surface area contributed by atoms with Gasteiger partial charge >= 0.3 is 0 Å². The van der Waals surface area contributed by atoms with Crippen LogP contribution in [0.4, 0.5) is 21.7 Å². The lowest BCUT2D eigenvalue weighted by Crippen LogP contribution is -2.52. The number of piperazine rings is 1. The second kappa shape index (κ2) is 10.9. The molecule has 4 heterocycles. The van der Waals surface area contributed by atoms with Crippen LogP contribution in [0.5, 0.6) is 0 Å². The van der Waals surface area contributed by atoms with E-state index in [4.69, 9.17) is 10.6 Å². The summed E-state index contributed by atoms with van der Waals surface area (Å²) in [5, 5.41) is 5.55. The Morgan fingerprint density at radius 3 is 2.76 bits per heavy atom. The Balaban J connectivity index is 1.45. The van der Waals surface area contributed by atoms with E-state index in [0.29, 0.717) is 30.6 Å². The van der Waals surface area contributed by atoms with Gasteiger partial charge in [0.1, 0.15) is 5.82 Å². The summed E-state index contributed by atoms with van der Waals surface area (Å²) in [5.41, 5.74) is 1.77. The molecule has 1 saturated heterocycles. The van der Waals surface area contributed by atoms with Gasteiger partial charge in [-0.2, -0.15) is 0 Å². The van der Waals surface area contributed by atoms with E-state index in [2.05, 4.69) is 20.2 Å². The van der Waals surface area contributed by atoms with Crippen LogP contribution >= 0.6 is 11.3 Å². The monoisotopic (exact) mass is 527 g/mol. The number of hydrogen-bond acceptors (Lipinski definition) is 9. The third kappa shape index (κ3) is 5.13. The van der Waals surface area contributed by atoms with Gasteiger partial charge in [0.15, 0.2) is 11.6 Å². The first-order valence-electron chi connectivity index (χ1n) is 12.7. The Hall–Kier alpha value is -2.86. The number of ether oxygens (including phenoxy) is 1. The van der Waals surface area contributed by atoms with E-state index in [-0.39, 0.29) is 17.8 Å². The SMILES string of the molecule is COC[C@H]1CN(c2cnc(N(N)c3cc4c(C5CCCC5)c(C(=O)N(C)C)sc4cn3)c(F)c2)CCN1. The van der Waals surface area contributed by atoms with Crippen molar-refractivity contribution in [3.8, 4) is 0 Å². The van der Waals surface area contributed by atoms with Crippen LogP contribution < -0.4 is 21.1 Å². The van der Waals surface area contributed by atoms with Gasteiger partial charge in [0, 0.05) is 64.5 Å². The van der Waals surface area contributed by atoms with E-state index in [1.165, 1.54) is 22.4 Å². The standard InChI is InChI=1S/C26H34FN7O2S/c1-32(2)26(35)24-23(16-6-4-5-7-16)19-11-22(30-13-21(19)37-24)34(28)25-20(27)10-18(12-31-25)33-9-8-29-17(14-33)15-36-3/h10-13,16-17,29H,4-9,14-15,28H2,1-3H3/t17-/m1/s1. The molecular formula is C26H34FN7O2S. The number of carbonyl (C=O) groups excluding carboxylic acids is 1. The number of hydrogen-bond donors (Lipinski definition) is 2. The molecule has 11 heteroatoms. The van der Waals surface area contributed by atoms with Crippen molar-refractivity contribution in [3.63, 3.8) is 0 Å². The minimum Gasteiger partial charge on any atom is -0.383 e. The molecule has 1 saturated carbocycles. The van der Waals surface area contributed by atoms with Crippen LogP contribution in [0.3, 0.4) is 0 Å². The number of methoxy groups -OCH3 is 1. The van der Waals surface area contributed by atoms with Crippen molar-refractivity contribution in [1.82, 2.24) is 20.2 Å².